The fraction of sp³-hybridized carbons (Fsp3) is 0.364. The van der Waals surface area contributed by atoms with Gasteiger partial charge in [-0.1, -0.05) is 17.7 Å². The second kappa shape index (κ2) is 5.14. The first-order chi connectivity index (χ1) is 7.04. The Labute approximate surface area is 93.6 Å². The third-order valence-electron chi connectivity index (χ3n) is 2.28. The minimum atomic E-state index is -0.961. The Kier molecular flexibility index (Phi) is 4.12. The monoisotopic (exact) mass is 228 g/mol. The third kappa shape index (κ3) is 3.22. The average Bonchev–Trinajstić information content (AvgIpc) is 2.18. The van der Waals surface area contributed by atoms with Gasteiger partial charge in [-0.2, -0.15) is 0 Å². The van der Waals surface area contributed by atoms with Crippen molar-refractivity contribution >= 4 is 17.6 Å². The molecule has 0 aliphatic heterocycles. The zero-order valence-electron chi connectivity index (χ0n) is 8.66. The van der Waals surface area contributed by atoms with E-state index in [4.69, 9.17) is 21.4 Å². The van der Waals surface area contributed by atoms with Gasteiger partial charge in [0.05, 0.1) is 0 Å². The minimum Gasteiger partial charge on any atom is -0.479 e. The molecule has 3 nitrogen and oxygen atoms in total. The third-order valence-corrected chi connectivity index (χ3v) is 2.51. The summed E-state index contributed by atoms with van der Waals surface area (Å²) >= 11 is 5.83. The van der Waals surface area contributed by atoms with Gasteiger partial charge in [-0.3, -0.25) is 0 Å². The van der Waals surface area contributed by atoms with Gasteiger partial charge < -0.3 is 9.84 Å². The molecule has 82 valence electrons. The number of hydrogen-bond donors (Lipinski definition) is 1. The van der Waals surface area contributed by atoms with Gasteiger partial charge in [0, 0.05) is 18.6 Å². The normalized spacial score (nSPS) is 12.5. The summed E-state index contributed by atoms with van der Waals surface area (Å²) in [5, 5.41) is 9.44. The van der Waals surface area contributed by atoms with Crippen LogP contribution in [0.25, 0.3) is 0 Å². The van der Waals surface area contributed by atoms with Gasteiger partial charge in [0.25, 0.3) is 0 Å². The van der Waals surface area contributed by atoms with E-state index >= 15 is 0 Å². The highest BCUT2D eigenvalue weighted by Crippen LogP contribution is 2.17. The van der Waals surface area contributed by atoms with Crippen LogP contribution in [-0.4, -0.2) is 24.3 Å². The van der Waals surface area contributed by atoms with Crippen LogP contribution >= 0.6 is 11.6 Å². The van der Waals surface area contributed by atoms with E-state index < -0.39 is 12.1 Å². The lowest BCUT2D eigenvalue weighted by molar-refractivity contribution is -0.148. The Morgan fingerprint density at radius 3 is 2.80 bits per heavy atom. The lowest BCUT2D eigenvalue weighted by atomic mass is 10.0. The van der Waals surface area contributed by atoms with Crippen LogP contribution in [0.3, 0.4) is 0 Å². The molecule has 0 saturated carbocycles. The number of carboxylic acid groups (broad SMARTS) is 1. The maximum absolute atomic E-state index is 10.8. The predicted octanol–water partition coefficient (Wildman–Crippen LogP) is 2.29. The zero-order chi connectivity index (χ0) is 11.4. The zero-order valence-corrected chi connectivity index (χ0v) is 9.41. The Morgan fingerprint density at radius 1 is 1.60 bits per heavy atom. The van der Waals surface area contributed by atoms with Crippen molar-refractivity contribution in [2.75, 3.05) is 7.11 Å². The Hall–Kier alpha value is -1.06. The molecule has 1 aromatic rings. The molecule has 0 aliphatic carbocycles. The number of benzene rings is 1. The Balaban J connectivity index is 2.87. The Morgan fingerprint density at radius 2 is 2.27 bits per heavy atom. The Bertz CT molecular complexity index is 363. The van der Waals surface area contributed by atoms with Gasteiger partial charge in [0.1, 0.15) is 0 Å². The van der Waals surface area contributed by atoms with Crippen LogP contribution in [0.15, 0.2) is 18.2 Å². The maximum atomic E-state index is 10.8. The first-order valence-corrected chi connectivity index (χ1v) is 4.93. The molecule has 0 fully saturated rings. The van der Waals surface area contributed by atoms with Gasteiger partial charge in [-0.05, 0) is 30.2 Å². The van der Waals surface area contributed by atoms with Gasteiger partial charge in [0.15, 0.2) is 6.10 Å². The lowest BCUT2D eigenvalue weighted by Gasteiger charge is -2.12. The summed E-state index contributed by atoms with van der Waals surface area (Å²) in [7, 11) is 1.39. The summed E-state index contributed by atoms with van der Waals surface area (Å²) in [6.07, 6.45) is -0.486. The van der Waals surface area contributed by atoms with Crippen LogP contribution in [0.4, 0.5) is 0 Å². The smallest absolute Gasteiger partial charge is 0.333 e. The van der Waals surface area contributed by atoms with Gasteiger partial charge in [-0.25, -0.2) is 4.79 Å². The molecule has 0 bridgehead atoms. The van der Waals surface area contributed by atoms with Crippen LogP contribution < -0.4 is 0 Å². The summed E-state index contributed by atoms with van der Waals surface area (Å²) in [5.41, 5.74) is 1.92. The highest BCUT2D eigenvalue weighted by Gasteiger charge is 2.17. The summed E-state index contributed by atoms with van der Waals surface area (Å²) in [5.74, 6) is -0.961. The topological polar surface area (TPSA) is 46.5 Å². The van der Waals surface area contributed by atoms with E-state index in [-0.39, 0.29) is 0 Å². The van der Waals surface area contributed by atoms with Crippen molar-refractivity contribution in [1.82, 2.24) is 0 Å². The van der Waals surface area contributed by atoms with E-state index in [2.05, 4.69) is 0 Å². The number of carbonyl (C=O) groups is 1. The van der Waals surface area contributed by atoms with Crippen molar-refractivity contribution in [1.29, 1.82) is 0 Å². The van der Waals surface area contributed by atoms with E-state index in [0.717, 1.165) is 11.1 Å². The van der Waals surface area contributed by atoms with Crippen LogP contribution in [-0.2, 0) is 16.0 Å². The van der Waals surface area contributed by atoms with Crippen LogP contribution in [0.5, 0.6) is 0 Å². The highest BCUT2D eigenvalue weighted by atomic mass is 35.5. The average molecular weight is 229 g/mol. The molecule has 1 atom stereocenters. The molecule has 1 aromatic carbocycles. The van der Waals surface area contributed by atoms with Crippen molar-refractivity contribution in [3.63, 3.8) is 0 Å². The SMILES string of the molecule is CO[C@@H](Cc1cc(Cl)ccc1C)C(=O)O. The van der Waals surface area contributed by atoms with E-state index in [1.165, 1.54) is 7.11 Å². The molecule has 15 heavy (non-hydrogen) atoms. The number of carboxylic acids is 1. The predicted molar refractivity (Wildman–Crippen MR) is 58.3 cm³/mol. The number of methoxy groups -OCH3 is 1. The fourth-order valence-electron chi connectivity index (χ4n) is 1.33. The quantitative estimate of drug-likeness (QED) is 0.860. The molecule has 0 saturated heterocycles. The lowest BCUT2D eigenvalue weighted by Crippen LogP contribution is -2.25. The van der Waals surface area contributed by atoms with Crippen molar-refractivity contribution in [2.24, 2.45) is 0 Å². The van der Waals surface area contributed by atoms with Crippen molar-refractivity contribution in [2.45, 2.75) is 19.4 Å². The fourth-order valence-corrected chi connectivity index (χ4v) is 1.53. The molecule has 0 aliphatic rings. The number of halogens is 1. The van der Waals surface area contributed by atoms with Crippen molar-refractivity contribution in [3.05, 3.63) is 34.3 Å². The molecule has 0 unspecified atom stereocenters. The maximum Gasteiger partial charge on any atom is 0.333 e. The molecule has 0 spiro atoms. The number of ether oxygens (including phenoxy) is 1. The molecule has 0 radical (unpaired) electrons. The van der Waals surface area contributed by atoms with Crippen LogP contribution in [0, 0.1) is 6.92 Å². The molecular weight excluding hydrogens is 216 g/mol. The number of rotatable bonds is 4. The molecule has 0 heterocycles. The number of aryl methyl sites for hydroxylation is 1. The van der Waals surface area contributed by atoms with Crippen LogP contribution in [0.2, 0.25) is 5.02 Å². The number of hydrogen-bond acceptors (Lipinski definition) is 2. The van der Waals surface area contributed by atoms with E-state index in [0.29, 0.717) is 11.4 Å². The summed E-state index contributed by atoms with van der Waals surface area (Å²) in [4.78, 5) is 10.8. The standard InChI is InChI=1S/C11H13ClO3/c1-7-3-4-9(12)5-8(7)6-10(15-2)11(13)14/h3-5,10H,6H2,1-2H3,(H,13,14)/t10-/m0/s1. The van der Waals surface area contributed by atoms with E-state index in [1.54, 1.807) is 12.1 Å². The van der Waals surface area contributed by atoms with Gasteiger partial charge in [-0.15, -0.1) is 0 Å². The largest absolute Gasteiger partial charge is 0.479 e. The molecule has 0 aromatic heterocycles. The summed E-state index contributed by atoms with van der Waals surface area (Å²) in [6, 6.07) is 5.42. The molecule has 4 heteroatoms. The molecule has 1 N–H and O–H groups in total. The van der Waals surface area contributed by atoms with Gasteiger partial charge >= 0.3 is 5.97 Å². The second-order valence-electron chi connectivity index (χ2n) is 3.34. The second-order valence-corrected chi connectivity index (χ2v) is 3.77. The molecular formula is C11H13ClO3. The summed E-state index contributed by atoms with van der Waals surface area (Å²) in [6.45, 7) is 1.92. The van der Waals surface area contributed by atoms with Crippen LogP contribution in [0.1, 0.15) is 11.1 Å². The van der Waals surface area contributed by atoms with Crippen molar-refractivity contribution < 1.29 is 14.6 Å². The van der Waals surface area contributed by atoms with E-state index in [9.17, 15) is 4.79 Å². The number of aliphatic carboxylic acids is 1. The van der Waals surface area contributed by atoms with Gasteiger partial charge in [0.2, 0.25) is 0 Å². The molecule has 1 rings (SSSR count). The highest BCUT2D eigenvalue weighted by molar-refractivity contribution is 6.30. The summed E-state index contributed by atoms with van der Waals surface area (Å²) < 4.78 is 4.87. The first-order valence-electron chi connectivity index (χ1n) is 4.55. The van der Waals surface area contributed by atoms with Crippen molar-refractivity contribution in [3.8, 4) is 0 Å². The first kappa shape index (κ1) is 12.0. The van der Waals surface area contributed by atoms with E-state index in [1.807, 2.05) is 13.0 Å². The minimum absolute atomic E-state index is 0.332. The molecule has 0 amide bonds.